The summed E-state index contributed by atoms with van der Waals surface area (Å²) in [6.45, 7) is 2.05. The van der Waals surface area contributed by atoms with Crippen LogP contribution in [-0.2, 0) is 16.6 Å². The van der Waals surface area contributed by atoms with Gasteiger partial charge in [0.15, 0.2) is 0 Å². The highest BCUT2D eigenvalue weighted by Crippen LogP contribution is 2.22. The van der Waals surface area contributed by atoms with Gasteiger partial charge in [0.1, 0.15) is 4.90 Å². The van der Waals surface area contributed by atoms with Gasteiger partial charge in [0.25, 0.3) is 0 Å². The second-order valence-corrected chi connectivity index (χ2v) is 6.48. The number of hydrogen-bond donors (Lipinski definition) is 2. The predicted octanol–water partition coefficient (Wildman–Crippen LogP) is 2.10. The van der Waals surface area contributed by atoms with Gasteiger partial charge in [-0.25, -0.2) is 13.1 Å². The Kier molecular flexibility index (Phi) is 4.27. The average Bonchev–Trinajstić information content (AvgIpc) is 2.37. The Hall–Kier alpha value is -1.63. The molecule has 0 fully saturated rings. The number of nitrogen functional groups attached to an aromatic ring is 1. The molecular weight excluding hydrogens is 298 g/mol. The normalized spacial score (nSPS) is 11.5. The molecule has 0 saturated heterocycles. The second-order valence-electron chi connectivity index (χ2n) is 4.31. The Morgan fingerprint density at radius 3 is 2.75 bits per heavy atom. The monoisotopic (exact) mass is 311 g/mol. The summed E-state index contributed by atoms with van der Waals surface area (Å²) in [6, 6.07) is 6.10. The van der Waals surface area contributed by atoms with Crippen LogP contribution in [0.3, 0.4) is 0 Å². The van der Waals surface area contributed by atoms with Gasteiger partial charge in [0, 0.05) is 24.0 Å². The van der Waals surface area contributed by atoms with Crippen LogP contribution in [0.15, 0.2) is 41.6 Å². The smallest absolute Gasteiger partial charge is 0.242 e. The van der Waals surface area contributed by atoms with Gasteiger partial charge in [-0.15, -0.1) is 0 Å². The molecule has 0 amide bonds. The summed E-state index contributed by atoms with van der Waals surface area (Å²) in [5, 5.41) is 0.393. The number of hydrogen-bond acceptors (Lipinski definition) is 4. The van der Waals surface area contributed by atoms with Crippen LogP contribution in [0.1, 0.15) is 11.1 Å². The van der Waals surface area contributed by atoms with Crippen molar-refractivity contribution in [3.05, 3.63) is 52.8 Å². The molecule has 2 aromatic rings. The van der Waals surface area contributed by atoms with Gasteiger partial charge >= 0.3 is 0 Å². The first-order valence-corrected chi connectivity index (χ1v) is 7.70. The van der Waals surface area contributed by atoms with Crippen LogP contribution >= 0.6 is 11.6 Å². The summed E-state index contributed by atoms with van der Waals surface area (Å²) in [4.78, 5) is 3.99. The van der Waals surface area contributed by atoms with Crippen LogP contribution in [0.5, 0.6) is 0 Å². The zero-order valence-corrected chi connectivity index (χ0v) is 12.4. The molecule has 0 saturated carbocycles. The number of benzene rings is 1. The predicted molar refractivity (Wildman–Crippen MR) is 78.9 cm³/mol. The van der Waals surface area contributed by atoms with E-state index in [1.807, 2.05) is 13.0 Å². The molecule has 106 valence electrons. The van der Waals surface area contributed by atoms with E-state index in [1.165, 1.54) is 18.2 Å². The molecule has 1 aromatic carbocycles. The van der Waals surface area contributed by atoms with Gasteiger partial charge in [-0.05, 0) is 42.3 Å². The molecule has 7 heteroatoms. The zero-order valence-electron chi connectivity index (χ0n) is 10.8. The quantitative estimate of drug-likeness (QED) is 0.847. The standard InChI is InChI=1S/C13H14ClN3O2S/c1-9-4-5-16-7-10(9)8-17-20(18,19)13-3-2-11(14)6-12(13)15/h2-7,17H,8,15H2,1H3. The first-order valence-electron chi connectivity index (χ1n) is 5.84. The van der Waals surface area contributed by atoms with Crippen LogP contribution in [0.25, 0.3) is 0 Å². The molecule has 5 nitrogen and oxygen atoms in total. The molecule has 1 aromatic heterocycles. The van der Waals surface area contributed by atoms with Gasteiger partial charge < -0.3 is 5.73 Å². The number of halogens is 1. The topological polar surface area (TPSA) is 85.1 Å². The molecule has 20 heavy (non-hydrogen) atoms. The van der Waals surface area contributed by atoms with Crippen LogP contribution in [0.4, 0.5) is 5.69 Å². The second kappa shape index (κ2) is 5.78. The number of rotatable bonds is 4. The summed E-state index contributed by atoms with van der Waals surface area (Å²) in [5.74, 6) is 0. The molecule has 0 atom stereocenters. The van der Waals surface area contributed by atoms with Crippen molar-refractivity contribution in [1.82, 2.24) is 9.71 Å². The van der Waals surface area contributed by atoms with Crippen LogP contribution < -0.4 is 10.5 Å². The van der Waals surface area contributed by atoms with E-state index < -0.39 is 10.0 Å². The summed E-state index contributed by atoms with van der Waals surface area (Å²) in [5.41, 5.74) is 7.58. The first-order chi connectivity index (χ1) is 9.40. The maximum atomic E-state index is 12.2. The van der Waals surface area contributed by atoms with E-state index in [4.69, 9.17) is 17.3 Å². The number of pyridine rings is 1. The van der Waals surface area contributed by atoms with Crippen LogP contribution in [-0.4, -0.2) is 13.4 Å². The van der Waals surface area contributed by atoms with Crippen molar-refractivity contribution in [1.29, 1.82) is 0 Å². The van der Waals surface area contributed by atoms with Crippen molar-refractivity contribution in [3.8, 4) is 0 Å². The lowest BCUT2D eigenvalue weighted by Crippen LogP contribution is -2.24. The number of nitrogens with zero attached hydrogens (tertiary/aromatic N) is 1. The molecule has 0 aliphatic carbocycles. The molecule has 1 heterocycles. The molecular formula is C13H14ClN3O2S. The highest BCUT2D eigenvalue weighted by atomic mass is 35.5. The minimum absolute atomic E-state index is 0.0171. The van der Waals surface area contributed by atoms with E-state index >= 15 is 0 Å². The third-order valence-corrected chi connectivity index (χ3v) is 4.57. The fraction of sp³-hybridized carbons (Fsp3) is 0.154. The minimum Gasteiger partial charge on any atom is -0.398 e. The number of sulfonamides is 1. The highest BCUT2D eigenvalue weighted by Gasteiger charge is 2.17. The Bertz CT molecular complexity index is 732. The van der Waals surface area contributed by atoms with Crippen molar-refractivity contribution >= 4 is 27.3 Å². The summed E-state index contributed by atoms with van der Waals surface area (Å²) in [7, 11) is -3.68. The molecule has 0 unspecified atom stereocenters. The molecule has 0 radical (unpaired) electrons. The van der Waals surface area contributed by atoms with Gasteiger partial charge in [0.05, 0.1) is 5.69 Å². The van der Waals surface area contributed by atoms with Gasteiger partial charge in [-0.3, -0.25) is 4.98 Å². The number of aromatic nitrogens is 1. The van der Waals surface area contributed by atoms with Crippen LogP contribution in [0.2, 0.25) is 5.02 Å². The molecule has 2 rings (SSSR count). The van der Waals surface area contributed by atoms with E-state index in [0.29, 0.717) is 5.02 Å². The SMILES string of the molecule is Cc1ccncc1CNS(=O)(=O)c1ccc(Cl)cc1N. The number of nitrogens with two attached hydrogens (primary N) is 1. The Morgan fingerprint density at radius 1 is 1.35 bits per heavy atom. The van der Waals surface area contributed by atoms with Crippen molar-refractivity contribution < 1.29 is 8.42 Å². The van der Waals surface area contributed by atoms with Crippen molar-refractivity contribution in [2.45, 2.75) is 18.4 Å². The maximum absolute atomic E-state index is 12.2. The van der Waals surface area contributed by atoms with E-state index in [2.05, 4.69) is 9.71 Å². The maximum Gasteiger partial charge on any atom is 0.242 e. The molecule has 0 spiro atoms. The van der Waals surface area contributed by atoms with E-state index in [1.54, 1.807) is 12.4 Å². The lowest BCUT2D eigenvalue weighted by molar-refractivity contribution is 0.581. The van der Waals surface area contributed by atoms with E-state index in [-0.39, 0.29) is 17.1 Å². The van der Waals surface area contributed by atoms with E-state index in [9.17, 15) is 8.42 Å². The Morgan fingerprint density at radius 2 is 2.10 bits per heavy atom. The Labute approximate surface area is 122 Å². The van der Waals surface area contributed by atoms with Crippen molar-refractivity contribution in [2.75, 3.05) is 5.73 Å². The lowest BCUT2D eigenvalue weighted by Gasteiger charge is -2.10. The van der Waals surface area contributed by atoms with Gasteiger partial charge in [0.2, 0.25) is 10.0 Å². The minimum atomic E-state index is -3.68. The van der Waals surface area contributed by atoms with Gasteiger partial charge in [-0.2, -0.15) is 0 Å². The fourth-order valence-electron chi connectivity index (χ4n) is 1.70. The van der Waals surface area contributed by atoms with E-state index in [0.717, 1.165) is 11.1 Å². The largest absolute Gasteiger partial charge is 0.398 e. The Balaban J connectivity index is 2.22. The van der Waals surface area contributed by atoms with Crippen molar-refractivity contribution in [2.24, 2.45) is 0 Å². The number of anilines is 1. The third kappa shape index (κ3) is 3.27. The highest BCUT2D eigenvalue weighted by molar-refractivity contribution is 7.89. The zero-order chi connectivity index (χ0) is 14.8. The number of aryl methyl sites for hydroxylation is 1. The molecule has 0 bridgehead atoms. The first kappa shape index (κ1) is 14.8. The molecule has 0 aliphatic rings. The summed E-state index contributed by atoms with van der Waals surface area (Å²) < 4.78 is 26.9. The molecule has 3 N–H and O–H groups in total. The van der Waals surface area contributed by atoms with Crippen LogP contribution in [0, 0.1) is 6.92 Å². The van der Waals surface area contributed by atoms with Crippen molar-refractivity contribution in [3.63, 3.8) is 0 Å². The summed E-state index contributed by atoms with van der Waals surface area (Å²) >= 11 is 5.76. The summed E-state index contributed by atoms with van der Waals surface area (Å²) in [6.07, 6.45) is 3.29. The average molecular weight is 312 g/mol. The molecule has 0 aliphatic heterocycles. The van der Waals surface area contributed by atoms with Gasteiger partial charge in [-0.1, -0.05) is 11.6 Å². The fourth-order valence-corrected chi connectivity index (χ4v) is 2.99. The lowest BCUT2D eigenvalue weighted by atomic mass is 10.2. The third-order valence-electron chi connectivity index (χ3n) is 2.86. The number of nitrogens with one attached hydrogen (secondary N) is 1.